The summed E-state index contributed by atoms with van der Waals surface area (Å²) in [4.78, 5) is 12.6. The van der Waals surface area contributed by atoms with Crippen LogP contribution in [0.5, 0.6) is 0 Å². The van der Waals surface area contributed by atoms with E-state index in [-0.39, 0.29) is 29.6 Å². The fraction of sp³-hybridized carbons (Fsp3) is 0.350. The smallest absolute Gasteiger partial charge is 0.251 e. The van der Waals surface area contributed by atoms with Gasteiger partial charge in [0.2, 0.25) is 10.0 Å². The molecule has 1 N–H and O–H groups in total. The van der Waals surface area contributed by atoms with E-state index < -0.39 is 10.0 Å². The van der Waals surface area contributed by atoms with Gasteiger partial charge in [0, 0.05) is 11.6 Å². The van der Waals surface area contributed by atoms with E-state index in [4.69, 9.17) is 0 Å². The topological polar surface area (TPSA) is 66.5 Å². The summed E-state index contributed by atoms with van der Waals surface area (Å²) in [5, 5.41) is 2.89. The van der Waals surface area contributed by atoms with Gasteiger partial charge in [-0.15, -0.1) is 0 Å². The molecule has 7 heteroatoms. The van der Waals surface area contributed by atoms with Gasteiger partial charge in [0.25, 0.3) is 5.91 Å². The van der Waals surface area contributed by atoms with Crippen molar-refractivity contribution in [3.63, 3.8) is 0 Å². The number of hydrogen-bond acceptors (Lipinski definition) is 3. The average molecular weight is 390 g/mol. The molecule has 0 spiro atoms. The quantitative estimate of drug-likeness (QED) is 0.851. The highest BCUT2D eigenvalue weighted by atomic mass is 32.2. The van der Waals surface area contributed by atoms with Crippen LogP contribution in [0.4, 0.5) is 10.1 Å². The van der Waals surface area contributed by atoms with Crippen molar-refractivity contribution in [1.29, 1.82) is 0 Å². The Kier molecular flexibility index (Phi) is 5.24. The number of halogens is 1. The van der Waals surface area contributed by atoms with Crippen molar-refractivity contribution in [1.82, 2.24) is 5.32 Å². The van der Waals surface area contributed by atoms with Crippen molar-refractivity contribution in [3.8, 4) is 0 Å². The molecule has 2 atom stereocenters. The second-order valence-corrected chi connectivity index (χ2v) is 8.97. The highest BCUT2D eigenvalue weighted by molar-refractivity contribution is 7.92. The van der Waals surface area contributed by atoms with Gasteiger partial charge in [-0.3, -0.25) is 9.10 Å². The maximum Gasteiger partial charge on any atom is 0.251 e. The van der Waals surface area contributed by atoms with Gasteiger partial charge in [0.05, 0.1) is 17.5 Å². The number of carbonyl (C=O) groups excluding carboxylic acids is 1. The van der Waals surface area contributed by atoms with Crippen molar-refractivity contribution in [3.05, 3.63) is 65.0 Å². The first-order chi connectivity index (χ1) is 12.7. The third-order valence-corrected chi connectivity index (χ3v) is 6.76. The van der Waals surface area contributed by atoms with Crippen LogP contribution in [0, 0.1) is 5.82 Å². The van der Waals surface area contributed by atoms with Gasteiger partial charge in [-0.25, -0.2) is 12.8 Å². The molecule has 0 saturated heterocycles. The fourth-order valence-electron chi connectivity index (χ4n) is 3.42. The van der Waals surface area contributed by atoms with Crippen molar-refractivity contribution in [2.24, 2.45) is 0 Å². The molecule has 2 aromatic carbocycles. The lowest BCUT2D eigenvalue weighted by Crippen LogP contribution is -2.36. The number of fused-ring (bicyclic) bond motifs is 1. The predicted molar refractivity (Wildman–Crippen MR) is 104 cm³/mol. The van der Waals surface area contributed by atoms with Gasteiger partial charge < -0.3 is 5.32 Å². The van der Waals surface area contributed by atoms with Crippen LogP contribution in [-0.2, 0) is 16.4 Å². The van der Waals surface area contributed by atoms with Crippen LogP contribution in [0.25, 0.3) is 0 Å². The Labute approximate surface area is 159 Å². The number of rotatable bonds is 5. The number of sulfonamides is 1. The summed E-state index contributed by atoms with van der Waals surface area (Å²) >= 11 is 0. The molecule has 0 radical (unpaired) electrons. The van der Waals surface area contributed by atoms with Crippen molar-refractivity contribution < 1.29 is 17.6 Å². The largest absolute Gasteiger partial charge is 0.346 e. The molecule has 5 nitrogen and oxygen atoms in total. The number of carbonyl (C=O) groups is 1. The van der Waals surface area contributed by atoms with E-state index in [0.717, 1.165) is 11.1 Å². The minimum Gasteiger partial charge on any atom is -0.346 e. The second-order valence-electron chi connectivity index (χ2n) is 6.84. The minimum absolute atomic E-state index is 0.0359. The number of anilines is 1. The highest BCUT2D eigenvalue weighted by Gasteiger charge is 2.34. The molecule has 0 fully saturated rings. The maximum atomic E-state index is 13.0. The zero-order valence-corrected chi connectivity index (χ0v) is 16.4. The number of benzene rings is 2. The standard InChI is InChI=1S/C20H23FN2O3S/c1-4-27(25,26)23-13(2)11-17-12-16(7-10-19(17)23)20(24)22-14(3)15-5-8-18(21)9-6-15/h5-10,12-14H,4,11H2,1-3H3,(H,22,24)/t13-,14+/m0/s1. The van der Waals surface area contributed by atoms with Crippen LogP contribution < -0.4 is 9.62 Å². The third kappa shape index (κ3) is 3.83. The molecule has 1 aliphatic rings. The van der Waals surface area contributed by atoms with Crippen molar-refractivity contribution in [2.75, 3.05) is 10.1 Å². The predicted octanol–water partition coefficient (Wildman–Crippen LogP) is 3.42. The van der Waals surface area contributed by atoms with Crippen molar-refractivity contribution >= 4 is 21.6 Å². The van der Waals surface area contributed by atoms with Gasteiger partial charge in [-0.2, -0.15) is 0 Å². The summed E-state index contributed by atoms with van der Waals surface area (Å²) in [6.07, 6.45) is 0.573. The number of amides is 1. The molecule has 1 aliphatic heterocycles. The summed E-state index contributed by atoms with van der Waals surface area (Å²) in [6.45, 7) is 5.32. The first-order valence-electron chi connectivity index (χ1n) is 8.94. The highest BCUT2D eigenvalue weighted by Crippen LogP contribution is 2.35. The normalized spacial score (nSPS) is 17.5. The molecule has 27 heavy (non-hydrogen) atoms. The van der Waals surface area contributed by atoms with Gasteiger partial charge in [-0.05, 0) is 68.7 Å². The molecule has 144 valence electrons. The van der Waals surface area contributed by atoms with Crippen LogP contribution in [0.2, 0.25) is 0 Å². The molecular formula is C20H23FN2O3S. The number of nitrogens with zero attached hydrogens (tertiary/aromatic N) is 1. The molecule has 0 unspecified atom stereocenters. The average Bonchev–Trinajstić information content (AvgIpc) is 2.97. The lowest BCUT2D eigenvalue weighted by molar-refractivity contribution is 0.0940. The molecular weight excluding hydrogens is 367 g/mol. The molecule has 1 heterocycles. The Morgan fingerprint density at radius 3 is 2.56 bits per heavy atom. The van der Waals surface area contributed by atoms with E-state index in [1.165, 1.54) is 16.4 Å². The molecule has 0 aliphatic carbocycles. The van der Waals surface area contributed by atoms with Crippen LogP contribution in [0.1, 0.15) is 48.3 Å². The van der Waals surface area contributed by atoms with Crippen molar-refractivity contribution in [2.45, 2.75) is 39.3 Å². The SMILES string of the molecule is CCS(=O)(=O)N1c2ccc(C(=O)N[C@H](C)c3ccc(F)cc3)cc2C[C@@H]1C. The summed E-state index contributed by atoms with van der Waals surface area (Å²) in [5.41, 5.74) is 2.78. The Bertz CT molecular complexity index is 958. The van der Waals surface area contributed by atoms with Gasteiger partial charge in [0.1, 0.15) is 5.82 Å². The van der Waals surface area contributed by atoms with E-state index in [1.54, 1.807) is 37.3 Å². The fourth-order valence-corrected chi connectivity index (χ4v) is 4.80. The summed E-state index contributed by atoms with van der Waals surface area (Å²) < 4.78 is 39.2. The Morgan fingerprint density at radius 2 is 1.93 bits per heavy atom. The summed E-state index contributed by atoms with van der Waals surface area (Å²) in [7, 11) is -3.35. The van der Waals surface area contributed by atoms with E-state index in [0.29, 0.717) is 17.7 Å². The first-order valence-corrected chi connectivity index (χ1v) is 10.5. The molecule has 0 bridgehead atoms. The van der Waals surface area contributed by atoms with E-state index in [1.807, 2.05) is 13.8 Å². The lowest BCUT2D eigenvalue weighted by atomic mass is 10.0. The molecule has 0 aromatic heterocycles. The van der Waals surface area contributed by atoms with Gasteiger partial charge >= 0.3 is 0 Å². The molecule has 2 aromatic rings. The Morgan fingerprint density at radius 1 is 1.26 bits per heavy atom. The van der Waals surface area contributed by atoms with Crippen LogP contribution in [0.3, 0.4) is 0 Å². The second kappa shape index (κ2) is 7.31. The van der Waals surface area contributed by atoms with Crippen LogP contribution in [-0.4, -0.2) is 26.1 Å². The summed E-state index contributed by atoms with van der Waals surface area (Å²) in [6, 6.07) is 10.6. The summed E-state index contributed by atoms with van der Waals surface area (Å²) in [5.74, 6) is -0.538. The van der Waals surface area contributed by atoms with Gasteiger partial charge in [-0.1, -0.05) is 12.1 Å². The zero-order valence-electron chi connectivity index (χ0n) is 15.6. The number of hydrogen-bond donors (Lipinski definition) is 1. The molecule has 3 rings (SSSR count). The van der Waals surface area contributed by atoms with Gasteiger partial charge in [0.15, 0.2) is 0 Å². The third-order valence-electron chi connectivity index (χ3n) is 4.88. The Hall–Kier alpha value is -2.41. The maximum absolute atomic E-state index is 13.0. The first kappa shape index (κ1) is 19.4. The minimum atomic E-state index is -3.35. The monoisotopic (exact) mass is 390 g/mol. The lowest BCUT2D eigenvalue weighted by Gasteiger charge is -2.23. The van der Waals surface area contributed by atoms with Crippen LogP contribution in [0.15, 0.2) is 42.5 Å². The van der Waals surface area contributed by atoms with E-state index in [9.17, 15) is 17.6 Å². The van der Waals surface area contributed by atoms with E-state index >= 15 is 0 Å². The molecule has 0 saturated carbocycles. The zero-order chi connectivity index (χ0) is 19.8. The molecule has 1 amide bonds. The Balaban J connectivity index is 1.80. The number of nitrogens with one attached hydrogen (secondary N) is 1. The van der Waals surface area contributed by atoms with Crippen LogP contribution >= 0.6 is 0 Å². The van der Waals surface area contributed by atoms with E-state index in [2.05, 4.69) is 5.32 Å².